The summed E-state index contributed by atoms with van der Waals surface area (Å²) >= 11 is 0. The molecular weight excluding hydrogens is 134 g/mol. The van der Waals surface area contributed by atoms with Crippen LogP contribution in [0.5, 0.6) is 0 Å². The molecule has 0 amide bonds. The number of nitrogens with zero attached hydrogens (tertiary/aromatic N) is 1. The number of allylic oxidation sites excluding steroid dienone is 1. The average molecular weight is 153 g/mol. The molecule has 0 atom stereocenters. The molecule has 0 spiro atoms. The largest absolute Gasteiger partial charge is 0.378 e. The zero-order valence-electron chi connectivity index (χ0n) is 7.77. The fourth-order valence-electron chi connectivity index (χ4n) is 1.77. The lowest BCUT2D eigenvalue weighted by Gasteiger charge is -2.24. The van der Waals surface area contributed by atoms with Gasteiger partial charge in [-0.15, -0.1) is 0 Å². The van der Waals surface area contributed by atoms with Gasteiger partial charge in [-0.05, 0) is 25.7 Å². The van der Waals surface area contributed by atoms with Crippen molar-refractivity contribution < 1.29 is 0 Å². The highest BCUT2D eigenvalue weighted by Gasteiger charge is 2.19. The molecule has 0 radical (unpaired) electrons. The minimum absolute atomic E-state index is 0.792. The zero-order valence-corrected chi connectivity index (χ0v) is 7.77. The van der Waals surface area contributed by atoms with Crippen molar-refractivity contribution in [3.05, 3.63) is 12.3 Å². The molecule has 1 heteroatoms. The Hall–Kier alpha value is -0.460. The van der Waals surface area contributed by atoms with Crippen LogP contribution in [0, 0.1) is 5.92 Å². The molecule has 0 N–H and O–H groups in total. The molecule has 11 heavy (non-hydrogen) atoms. The van der Waals surface area contributed by atoms with E-state index in [4.69, 9.17) is 0 Å². The molecule has 0 aromatic heterocycles. The van der Waals surface area contributed by atoms with Gasteiger partial charge in [-0.1, -0.05) is 19.4 Å². The molecule has 1 nitrogen and oxygen atoms in total. The molecule has 1 aliphatic rings. The molecule has 0 aromatic carbocycles. The topological polar surface area (TPSA) is 3.24 Å². The third kappa shape index (κ3) is 1.98. The lowest BCUT2D eigenvalue weighted by atomic mass is 10.0. The smallest absolute Gasteiger partial charge is 0.0143 e. The Morgan fingerprint density at radius 1 is 1.45 bits per heavy atom. The highest BCUT2D eigenvalue weighted by atomic mass is 15.1. The van der Waals surface area contributed by atoms with Gasteiger partial charge in [0, 0.05) is 19.3 Å². The van der Waals surface area contributed by atoms with Crippen LogP contribution in [0.4, 0.5) is 0 Å². The fourth-order valence-corrected chi connectivity index (χ4v) is 1.77. The summed E-state index contributed by atoms with van der Waals surface area (Å²) in [7, 11) is 2.14. The van der Waals surface area contributed by atoms with Gasteiger partial charge in [-0.25, -0.2) is 0 Å². The Morgan fingerprint density at radius 2 is 2.00 bits per heavy atom. The van der Waals surface area contributed by atoms with Gasteiger partial charge in [-0.2, -0.15) is 0 Å². The fraction of sp³-hybridized carbons (Fsp3) is 0.800. The highest BCUT2D eigenvalue weighted by molar-refractivity contribution is 5.00. The van der Waals surface area contributed by atoms with E-state index in [1.54, 1.807) is 0 Å². The molecule has 1 fully saturated rings. The van der Waals surface area contributed by atoms with Gasteiger partial charge in [0.05, 0.1) is 0 Å². The van der Waals surface area contributed by atoms with Crippen molar-refractivity contribution in [3.8, 4) is 0 Å². The molecule has 1 rings (SSSR count). The second-order valence-corrected chi connectivity index (χ2v) is 3.49. The summed E-state index contributed by atoms with van der Waals surface area (Å²) in [4.78, 5) is 2.27. The lowest BCUT2D eigenvalue weighted by Crippen LogP contribution is -2.20. The Morgan fingerprint density at radius 3 is 2.45 bits per heavy atom. The Balaban J connectivity index is 2.39. The van der Waals surface area contributed by atoms with E-state index in [9.17, 15) is 0 Å². The Bertz CT molecular complexity index is 134. The standard InChI is InChI=1S/C10H19N/c1-4-11(3)9(2)10-7-5-6-8-10/h10H,2,4-8H2,1,3H3. The third-order valence-corrected chi connectivity index (χ3v) is 2.79. The molecule has 0 aliphatic heterocycles. The van der Waals surface area contributed by atoms with Crippen molar-refractivity contribution >= 4 is 0 Å². The van der Waals surface area contributed by atoms with Crippen LogP contribution >= 0.6 is 0 Å². The summed E-state index contributed by atoms with van der Waals surface area (Å²) in [6, 6.07) is 0. The monoisotopic (exact) mass is 153 g/mol. The van der Waals surface area contributed by atoms with Crippen molar-refractivity contribution in [1.82, 2.24) is 4.90 Å². The molecule has 0 unspecified atom stereocenters. The van der Waals surface area contributed by atoms with Crippen LogP contribution in [-0.2, 0) is 0 Å². The summed E-state index contributed by atoms with van der Waals surface area (Å²) < 4.78 is 0. The van der Waals surface area contributed by atoms with E-state index in [1.807, 2.05) is 0 Å². The van der Waals surface area contributed by atoms with Crippen LogP contribution in [0.3, 0.4) is 0 Å². The molecule has 0 aromatic rings. The first-order valence-electron chi connectivity index (χ1n) is 4.65. The molecule has 64 valence electrons. The van der Waals surface area contributed by atoms with Gasteiger partial charge in [0.1, 0.15) is 0 Å². The van der Waals surface area contributed by atoms with Crippen molar-refractivity contribution in [2.45, 2.75) is 32.6 Å². The van der Waals surface area contributed by atoms with Crippen molar-refractivity contribution in [3.63, 3.8) is 0 Å². The van der Waals surface area contributed by atoms with E-state index in [1.165, 1.54) is 31.4 Å². The molecule has 0 bridgehead atoms. The predicted octanol–water partition coefficient (Wildman–Crippen LogP) is 2.64. The van der Waals surface area contributed by atoms with Crippen molar-refractivity contribution in [1.29, 1.82) is 0 Å². The van der Waals surface area contributed by atoms with E-state index in [-0.39, 0.29) is 0 Å². The lowest BCUT2D eigenvalue weighted by molar-refractivity contribution is 0.376. The first-order chi connectivity index (χ1) is 5.25. The van der Waals surface area contributed by atoms with Crippen molar-refractivity contribution in [2.24, 2.45) is 5.92 Å². The Kier molecular flexibility index (Phi) is 2.98. The van der Waals surface area contributed by atoms with Crippen LogP contribution in [0.25, 0.3) is 0 Å². The normalized spacial score (nSPS) is 18.7. The summed E-state index contributed by atoms with van der Waals surface area (Å²) in [6.45, 7) is 7.41. The second kappa shape index (κ2) is 3.80. The first kappa shape index (κ1) is 8.63. The molecule has 1 saturated carbocycles. The van der Waals surface area contributed by atoms with Crippen LogP contribution in [0.15, 0.2) is 12.3 Å². The van der Waals surface area contributed by atoms with Gasteiger partial charge >= 0.3 is 0 Å². The molecule has 0 heterocycles. The highest BCUT2D eigenvalue weighted by Crippen LogP contribution is 2.31. The van der Waals surface area contributed by atoms with Gasteiger partial charge in [0.15, 0.2) is 0 Å². The molecule has 0 saturated heterocycles. The average Bonchev–Trinajstić information content (AvgIpc) is 2.53. The van der Waals surface area contributed by atoms with Crippen LogP contribution in [0.1, 0.15) is 32.6 Å². The van der Waals surface area contributed by atoms with Crippen LogP contribution in [-0.4, -0.2) is 18.5 Å². The van der Waals surface area contributed by atoms with Crippen molar-refractivity contribution in [2.75, 3.05) is 13.6 Å². The third-order valence-electron chi connectivity index (χ3n) is 2.79. The van der Waals surface area contributed by atoms with Gasteiger partial charge < -0.3 is 4.90 Å². The van der Waals surface area contributed by atoms with E-state index >= 15 is 0 Å². The van der Waals surface area contributed by atoms with E-state index < -0.39 is 0 Å². The maximum absolute atomic E-state index is 4.13. The summed E-state index contributed by atoms with van der Waals surface area (Å²) in [5.41, 5.74) is 1.35. The van der Waals surface area contributed by atoms with Gasteiger partial charge in [0.25, 0.3) is 0 Å². The minimum atomic E-state index is 0.792. The van der Waals surface area contributed by atoms with Crippen LogP contribution in [0.2, 0.25) is 0 Å². The van der Waals surface area contributed by atoms with Gasteiger partial charge in [-0.3, -0.25) is 0 Å². The first-order valence-corrected chi connectivity index (χ1v) is 4.65. The minimum Gasteiger partial charge on any atom is -0.378 e. The maximum Gasteiger partial charge on any atom is 0.0143 e. The van der Waals surface area contributed by atoms with E-state index in [2.05, 4.69) is 25.5 Å². The zero-order chi connectivity index (χ0) is 8.27. The number of hydrogen-bond donors (Lipinski definition) is 0. The predicted molar refractivity (Wildman–Crippen MR) is 49.4 cm³/mol. The maximum atomic E-state index is 4.13. The van der Waals surface area contributed by atoms with Gasteiger partial charge in [0.2, 0.25) is 0 Å². The number of rotatable bonds is 3. The summed E-state index contributed by atoms with van der Waals surface area (Å²) in [6.07, 6.45) is 5.54. The molecule has 1 aliphatic carbocycles. The SMILES string of the molecule is C=C(C1CCCC1)N(C)CC. The van der Waals surface area contributed by atoms with E-state index in [0.29, 0.717) is 0 Å². The Labute approximate surface area is 70.1 Å². The quantitative estimate of drug-likeness (QED) is 0.602. The van der Waals surface area contributed by atoms with E-state index in [0.717, 1.165) is 12.5 Å². The van der Waals surface area contributed by atoms with Crippen LogP contribution < -0.4 is 0 Å². The second-order valence-electron chi connectivity index (χ2n) is 3.49. The summed E-state index contributed by atoms with van der Waals surface area (Å²) in [5.74, 6) is 0.792. The molecular formula is C10H19N. The number of hydrogen-bond acceptors (Lipinski definition) is 1. The summed E-state index contributed by atoms with van der Waals surface area (Å²) in [5, 5.41) is 0.